The van der Waals surface area contributed by atoms with Crippen molar-refractivity contribution in [3.63, 3.8) is 0 Å². The molecular formula is C17H19FN2O. The van der Waals surface area contributed by atoms with Gasteiger partial charge in [-0.2, -0.15) is 0 Å². The average molecular weight is 286 g/mol. The maximum absolute atomic E-state index is 12.8. The molecule has 0 heterocycles. The molecule has 110 valence electrons. The van der Waals surface area contributed by atoms with Crippen molar-refractivity contribution < 1.29 is 9.18 Å². The minimum absolute atomic E-state index is 0.131. The van der Waals surface area contributed by atoms with E-state index in [1.165, 1.54) is 12.1 Å². The van der Waals surface area contributed by atoms with Crippen LogP contribution in [0.15, 0.2) is 42.5 Å². The van der Waals surface area contributed by atoms with E-state index in [4.69, 9.17) is 0 Å². The zero-order valence-corrected chi connectivity index (χ0v) is 12.4. The van der Waals surface area contributed by atoms with Gasteiger partial charge in [-0.1, -0.05) is 12.1 Å². The quantitative estimate of drug-likeness (QED) is 0.895. The van der Waals surface area contributed by atoms with E-state index >= 15 is 0 Å². The molecule has 0 aliphatic carbocycles. The van der Waals surface area contributed by atoms with Crippen LogP contribution in [-0.2, 0) is 4.79 Å². The van der Waals surface area contributed by atoms with Gasteiger partial charge in [-0.15, -0.1) is 0 Å². The van der Waals surface area contributed by atoms with Gasteiger partial charge in [-0.3, -0.25) is 4.79 Å². The maximum atomic E-state index is 12.8. The molecule has 0 fully saturated rings. The summed E-state index contributed by atoms with van der Waals surface area (Å²) in [6, 6.07) is 11.3. The SMILES string of the molecule is Cc1cccc(NC(=O)C(C)Nc2ccc(F)cc2)c1C. The first kappa shape index (κ1) is 15.0. The number of amides is 1. The van der Waals surface area contributed by atoms with Gasteiger partial charge in [0.25, 0.3) is 0 Å². The van der Waals surface area contributed by atoms with E-state index in [1.807, 2.05) is 32.0 Å². The summed E-state index contributed by atoms with van der Waals surface area (Å²) in [7, 11) is 0. The van der Waals surface area contributed by atoms with E-state index in [-0.39, 0.29) is 11.7 Å². The number of halogens is 1. The first-order valence-electron chi connectivity index (χ1n) is 6.86. The zero-order valence-electron chi connectivity index (χ0n) is 12.4. The molecule has 0 saturated heterocycles. The molecule has 1 atom stereocenters. The van der Waals surface area contributed by atoms with Crippen LogP contribution in [0.1, 0.15) is 18.1 Å². The van der Waals surface area contributed by atoms with Gasteiger partial charge in [-0.05, 0) is 62.2 Å². The Kier molecular flexibility index (Phi) is 4.58. The maximum Gasteiger partial charge on any atom is 0.246 e. The van der Waals surface area contributed by atoms with Crippen LogP contribution in [0.5, 0.6) is 0 Å². The number of nitrogens with one attached hydrogen (secondary N) is 2. The molecule has 0 aliphatic rings. The number of carbonyl (C=O) groups is 1. The molecular weight excluding hydrogens is 267 g/mol. The number of hydrogen-bond acceptors (Lipinski definition) is 2. The lowest BCUT2D eigenvalue weighted by molar-refractivity contribution is -0.116. The first-order chi connectivity index (χ1) is 9.97. The summed E-state index contributed by atoms with van der Waals surface area (Å²) in [5.41, 5.74) is 3.71. The van der Waals surface area contributed by atoms with Crippen LogP contribution < -0.4 is 10.6 Å². The third kappa shape index (κ3) is 3.81. The van der Waals surface area contributed by atoms with E-state index in [1.54, 1.807) is 19.1 Å². The number of carbonyl (C=O) groups excluding carboxylic acids is 1. The summed E-state index contributed by atoms with van der Waals surface area (Å²) in [5, 5.41) is 5.95. The van der Waals surface area contributed by atoms with Gasteiger partial charge >= 0.3 is 0 Å². The van der Waals surface area contributed by atoms with Crippen LogP contribution in [0.4, 0.5) is 15.8 Å². The lowest BCUT2D eigenvalue weighted by atomic mass is 10.1. The van der Waals surface area contributed by atoms with Crippen molar-refractivity contribution in [2.24, 2.45) is 0 Å². The van der Waals surface area contributed by atoms with Crippen LogP contribution in [-0.4, -0.2) is 11.9 Å². The van der Waals surface area contributed by atoms with Crippen molar-refractivity contribution in [2.75, 3.05) is 10.6 Å². The predicted molar refractivity (Wildman–Crippen MR) is 84.0 cm³/mol. The number of anilines is 2. The highest BCUT2D eigenvalue weighted by molar-refractivity contribution is 5.96. The summed E-state index contributed by atoms with van der Waals surface area (Å²) in [5.74, 6) is -0.430. The largest absolute Gasteiger partial charge is 0.374 e. The molecule has 0 saturated carbocycles. The molecule has 2 aromatic rings. The zero-order chi connectivity index (χ0) is 15.4. The fraction of sp³-hybridized carbons (Fsp3) is 0.235. The van der Waals surface area contributed by atoms with Crippen molar-refractivity contribution in [2.45, 2.75) is 26.8 Å². The monoisotopic (exact) mass is 286 g/mol. The van der Waals surface area contributed by atoms with Gasteiger partial charge in [0.2, 0.25) is 5.91 Å². The Hall–Kier alpha value is -2.36. The molecule has 2 rings (SSSR count). The van der Waals surface area contributed by atoms with Crippen LogP contribution in [0.2, 0.25) is 0 Å². The summed E-state index contributed by atoms with van der Waals surface area (Å²) in [6.45, 7) is 5.75. The highest BCUT2D eigenvalue weighted by Crippen LogP contribution is 2.18. The molecule has 1 amide bonds. The van der Waals surface area contributed by atoms with Crippen LogP contribution in [0.3, 0.4) is 0 Å². The van der Waals surface area contributed by atoms with E-state index < -0.39 is 6.04 Å². The predicted octanol–water partition coefficient (Wildman–Crippen LogP) is 3.88. The van der Waals surface area contributed by atoms with Crippen molar-refractivity contribution in [1.82, 2.24) is 0 Å². The second-order valence-corrected chi connectivity index (χ2v) is 5.11. The van der Waals surface area contributed by atoms with Crippen LogP contribution >= 0.6 is 0 Å². The lowest BCUT2D eigenvalue weighted by Gasteiger charge is -2.17. The van der Waals surface area contributed by atoms with Crippen LogP contribution in [0, 0.1) is 19.7 Å². The molecule has 3 nitrogen and oxygen atoms in total. The molecule has 4 heteroatoms. The second kappa shape index (κ2) is 6.39. The standard InChI is InChI=1S/C17H19FN2O/c1-11-5-4-6-16(12(11)2)20-17(21)13(3)19-15-9-7-14(18)8-10-15/h4-10,13,19H,1-3H3,(H,20,21). The van der Waals surface area contributed by atoms with Crippen molar-refractivity contribution >= 4 is 17.3 Å². The minimum atomic E-state index is -0.421. The third-order valence-electron chi connectivity index (χ3n) is 3.48. The molecule has 0 radical (unpaired) electrons. The molecule has 0 bridgehead atoms. The second-order valence-electron chi connectivity index (χ2n) is 5.11. The van der Waals surface area contributed by atoms with E-state index in [2.05, 4.69) is 10.6 Å². The van der Waals surface area contributed by atoms with E-state index in [0.717, 1.165) is 16.8 Å². The van der Waals surface area contributed by atoms with Gasteiger partial charge in [0.15, 0.2) is 0 Å². The Morgan fingerprint density at radius 2 is 1.76 bits per heavy atom. The van der Waals surface area contributed by atoms with Gasteiger partial charge in [0, 0.05) is 11.4 Å². The number of rotatable bonds is 4. The highest BCUT2D eigenvalue weighted by atomic mass is 19.1. The lowest BCUT2D eigenvalue weighted by Crippen LogP contribution is -2.32. The van der Waals surface area contributed by atoms with E-state index in [0.29, 0.717) is 5.69 Å². The van der Waals surface area contributed by atoms with Crippen molar-refractivity contribution in [1.29, 1.82) is 0 Å². The summed E-state index contributed by atoms with van der Waals surface area (Å²) in [6.07, 6.45) is 0. The normalized spacial score (nSPS) is 11.8. The smallest absolute Gasteiger partial charge is 0.246 e. The van der Waals surface area contributed by atoms with Crippen LogP contribution in [0.25, 0.3) is 0 Å². The Bertz CT molecular complexity index is 638. The van der Waals surface area contributed by atoms with Gasteiger partial charge < -0.3 is 10.6 Å². The molecule has 2 aromatic carbocycles. The average Bonchev–Trinajstić information content (AvgIpc) is 2.46. The van der Waals surface area contributed by atoms with Crippen molar-refractivity contribution in [3.8, 4) is 0 Å². The van der Waals surface area contributed by atoms with E-state index in [9.17, 15) is 9.18 Å². The Labute approximate surface area is 124 Å². The fourth-order valence-corrected chi connectivity index (χ4v) is 1.99. The number of aryl methyl sites for hydroxylation is 1. The third-order valence-corrected chi connectivity index (χ3v) is 3.48. The number of benzene rings is 2. The first-order valence-corrected chi connectivity index (χ1v) is 6.86. The number of hydrogen-bond donors (Lipinski definition) is 2. The molecule has 21 heavy (non-hydrogen) atoms. The summed E-state index contributed by atoms with van der Waals surface area (Å²) in [4.78, 5) is 12.2. The molecule has 0 aromatic heterocycles. The topological polar surface area (TPSA) is 41.1 Å². The summed E-state index contributed by atoms with van der Waals surface area (Å²) < 4.78 is 12.8. The minimum Gasteiger partial charge on any atom is -0.374 e. The van der Waals surface area contributed by atoms with Gasteiger partial charge in [0.1, 0.15) is 11.9 Å². The fourth-order valence-electron chi connectivity index (χ4n) is 1.99. The highest BCUT2D eigenvalue weighted by Gasteiger charge is 2.14. The van der Waals surface area contributed by atoms with Gasteiger partial charge in [-0.25, -0.2) is 4.39 Å². The molecule has 0 aliphatic heterocycles. The molecule has 1 unspecified atom stereocenters. The van der Waals surface area contributed by atoms with Gasteiger partial charge in [0.05, 0.1) is 0 Å². The Morgan fingerprint density at radius 3 is 2.43 bits per heavy atom. The molecule has 0 spiro atoms. The molecule has 2 N–H and O–H groups in total. The summed E-state index contributed by atoms with van der Waals surface area (Å²) >= 11 is 0. The Morgan fingerprint density at radius 1 is 1.10 bits per heavy atom. The Balaban J connectivity index is 2.02. The van der Waals surface area contributed by atoms with Crippen molar-refractivity contribution in [3.05, 3.63) is 59.4 Å².